The molecule has 1 heterocycles. The summed E-state index contributed by atoms with van der Waals surface area (Å²) < 4.78 is 4.95. The van der Waals surface area contributed by atoms with Crippen LogP contribution < -0.4 is 4.74 Å². The van der Waals surface area contributed by atoms with Gasteiger partial charge in [-0.3, -0.25) is 4.99 Å². The van der Waals surface area contributed by atoms with Crippen LogP contribution in [0.1, 0.15) is 0 Å². The second kappa shape index (κ2) is 2.91. The van der Waals surface area contributed by atoms with Gasteiger partial charge in [0.15, 0.2) is 12.3 Å². The summed E-state index contributed by atoms with van der Waals surface area (Å²) in [5.41, 5.74) is 0. The first kappa shape index (κ1) is 5.88. The standard InChI is InChI=1S/C6H8N2O/c1-7-5-9-6-3-2-4-8-6/h2-5,8H,1H3/b7-5+. The molecule has 0 atom stereocenters. The zero-order valence-corrected chi connectivity index (χ0v) is 5.16. The van der Waals surface area contributed by atoms with Crippen LogP contribution in [0.2, 0.25) is 0 Å². The minimum Gasteiger partial charge on any atom is -0.430 e. The number of ether oxygens (including phenoxy) is 1. The summed E-state index contributed by atoms with van der Waals surface area (Å²) in [6.45, 7) is 0. The number of nitrogens with one attached hydrogen (secondary N) is 1. The van der Waals surface area contributed by atoms with Gasteiger partial charge in [0.1, 0.15) is 0 Å². The zero-order valence-electron chi connectivity index (χ0n) is 5.16. The lowest BCUT2D eigenvalue weighted by Crippen LogP contribution is -1.87. The number of aromatic amines is 1. The predicted octanol–water partition coefficient (Wildman–Crippen LogP) is 1.05. The quantitative estimate of drug-likeness (QED) is 0.464. The highest BCUT2D eigenvalue weighted by Crippen LogP contribution is 2.01. The Morgan fingerprint density at radius 2 is 2.67 bits per heavy atom. The molecule has 1 rings (SSSR count). The van der Waals surface area contributed by atoms with E-state index in [0.717, 1.165) is 0 Å². The van der Waals surface area contributed by atoms with E-state index in [1.54, 1.807) is 13.2 Å². The Morgan fingerprint density at radius 3 is 3.22 bits per heavy atom. The van der Waals surface area contributed by atoms with Crippen molar-refractivity contribution >= 4 is 6.40 Å². The fraction of sp³-hybridized carbons (Fsp3) is 0.167. The number of nitrogens with zero attached hydrogens (tertiary/aromatic N) is 1. The first-order valence-corrected chi connectivity index (χ1v) is 2.64. The van der Waals surface area contributed by atoms with E-state index in [1.807, 2.05) is 12.1 Å². The first-order valence-electron chi connectivity index (χ1n) is 2.64. The summed E-state index contributed by atoms with van der Waals surface area (Å²) in [7, 11) is 1.66. The van der Waals surface area contributed by atoms with Gasteiger partial charge in [-0.15, -0.1) is 0 Å². The molecule has 1 aromatic heterocycles. The summed E-state index contributed by atoms with van der Waals surface area (Å²) in [4.78, 5) is 6.50. The molecule has 0 fully saturated rings. The highest BCUT2D eigenvalue weighted by molar-refractivity contribution is 5.50. The molecule has 0 aliphatic rings. The van der Waals surface area contributed by atoms with Crippen LogP contribution in [-0.4, -0.2) is 18.4 Å². The van der Waals surface area contributed by atoms with Crippen molar-refractivity contribution in [1.29, 1.82) is 0 Å². The Hall–Kier alpha value is -1.25. The van der Waals surface area contributed by atoms with Crippen LogP contribution in [0.15, 0.2) is 23.3 Å². The molecule has 0 radical (unpaired) electrons. The van der Waals surface area contributed by atoms with Gasteiger partial charge in [-0.05, 0) is 6.07 Å². The van der Waals surface area contributed by atoms with Crippen molar-refractivity contribution < 1.29 is 4.74 Å². The Labute approximate surface area is 53.4 Å². The van der Waals surface area contributed by atoms with Crippen molar-refractivity contribution in [1.82, 2.24) is 4.98 Å². The second-order valence-electron chi connectivity index (χ2n) is 1.52. The van der Waals surface area contributed by atoms with Gasteiger partial charge in [0.25, 0.3) is 0 Å². The molecule has 0 unspecified atom stereocenters. The molecule has 0 bridgehead atoms. The summed E-state index contributed by atoms with van der Waals surface area (Å²) in [6, 6.07) is 3.68. The highest BCUT2D eigenvalue weighted by Gasteiger charge is 1.84. The molecule has 48 valence electrons. The van der Waals surface area contributed by atoms with Crippen LogP contribution in [0.3, 0.4) is 0 Å². The van der Waals surface area contributed by atoms with Crippen LogP contribution in [-0.2, 0) is 0 Å². The smallest absolute Gasteiger partial charge is 0.198 e. The predicted molar refractivity (Wildman–Crippen MR) is 35.8 cm³/mol. The zero-order chi connectivity index (χ0) is 6.53. The number of hydrogen-bond donors (Lipinski definition) is 1. The van der Waals surface area contributed by atoms with Gasteiger partial charge in [0.2, 0.25) is 0 Å². The number of H-pyrrole nitrogens is 1. The lowest BCUT2D eigenvalue weighted by atomic mass is 10.7. The van der Waals surface area contributed by atoms with E-state index >= 15 is 0 Å². The summed E-state index contributed by atoms with van der Waals surface area (Å²) in [6.07, 6.45) is 3.17. The normalized spacial score (nSPS) is 10.3. The average Bonchev–Trinajstić information content (AvgIpc) is 2.34. The molecule has 3 heteroatoms. The number of rotatable bonds is 2. The van der Waals surface area contributed by atoms with E-state index < -0.39 is 0 Å². The fourth-order valence-electron chi connectivity index (χ4n) is 0.497. The molecule has 9 heavy (non-hydrogen) atoms. The Bertz CT molecular complexity index is 179. The van der Waals surface area contributed by atoms with Gasteiger partial charge in [-0.2, -0.15) is 0 Å². The minimum absolute atomic E-state index is 0.709. The van der Waals surface area contributed by atoms with Gasteiger partial charge >= 0.3 is 0 Å². The minimum atomic E-state index is 0.709. The van der Waals surface area contributed by atoms with Crippen molar-refractivity contribution in [3.63, 3.8) is 0 Å². The molecular formula is C6H8N2O. The third kappa shape index (κ3) is 1.60. The fourth-order valence-corrected chi connectivity index (χ4v) is 0.497. The van der Waals surface area contributed by atoms with Crippen molar-refractivity contribution in [3.8, 4) is 5.88 Å². The molecule has 0 aromatic carbocycles. The third-order valence-electron chi connectivity index (χ3n) is 0.854. The summed E-state index contributed by atoms with van der Waals surface area (Å²) in [5, 5.41) is 0. The second-order valence-corrected chi connectivity index (χ2v) is 1.52. The van der Waals surface area contributed by atoms with Gasteiger partial charge in [-0.1, -0.05) is 0 Å². The Kier molecular flexibility index (Phi) is 1.90. The maximum Gasteiger partial charge on any atom is 0.198 e. The largest absolute Gasteiger partial charge is 0.430 e. The van der Waals surface area contributed by atoms with Crippen molar-refractivity contribution in [2.24, 2.45) is 4.99 Å². The molecule has 0 amide bonds. The third-order valence-corrected chi connectivity index (χ3v) is 0.854. The maximum atomic E-state index is 4.95. The van der Waals surface area contributed by atoms with E-state index in [4.69, 9.17) is 4.74 Å². The topological polar surface area (TPSA) is 37.4 Å². The summed E-state index contributed by atoms with van der Waals surface area (Å²) in [5.74, 6) is 0.709. The molecule has 0 spiro atoms. The molecule has 0 saturated heterocycles. The first-order chi connectivity index (χ1) is 4.43. The van der Waals surface area contributed by atoms with Crippen LogP contribution in [0, 0.1) is 0 Å². The number of hydrogen-bond acceptors (Lipinski definition) is 2. The monoisotopic (exact) mass is 124 g/mol. The molecule has 1 N–H and O–H groups in total. The maximum absolute atomic E-state index is 4.95. The van der Waals surface area contributed by atoms with Gasteiger partial charge in [-0.25, -0.2) is 0 Å². The van der Waals surface area contributed by atoms with Gasteiger partial charge in [0, 0.05) is 19.3 Å². The number of aromatic nitrogens is 1. The van der Waals surface area contributed by atoms with Gasteiger partial charge < -0.3 is 9.72 Å². The van der Waals surface area contributed by atoms with Crippen LogP contribution in [0.5, 0.6) is 5.88 Å². The van der Waals surface area contributed by atoms with Gasteiger partial charge in [0.05, 0.1) is 0 Å². The molecule has 0 aliphatic carbocycles. The van der Waals surface area contributed by atoms with Crippen molar-refractivity contribution in [2.45, 2.75) is 0 Å². The molecular weight excluding hydrogens is 116 g/mol. The van der Waals surface area contributed by atoms with E-state index in [0.29, 0.717) is 5.88 Å². The Morgan fingerprint density at radius 1 is 1.78 bits per heavy atom. The van der Waals surface area contributed by atoms with Crippen LogP contribution >= 0.6 is 0 Å². The molecule has 0 aliphatic heterocycles. The van der Waals surface area contributed by atoms with Crippen molar-refractivity contribution in [3.05, 3.63) is 18.3 Å². The van der Waals surface area contributed by atoms with E-state index in [-0.39, 0.29) is 0 Å². The number of aliphatic imine (C=N–C) groups is 1. The van der Waals surface area contributed by atoms with Crippen LogP contribution in [0.4, 0.5) is 0 Å². The van der Waals surface area contributed by atoms with E-state index in [2.05, 4.69) is 9.98 Å². The molecule has 0 saturated carbocycles. The highest BCUT2D eigenvalue weighted by atomic mass is 16.5. The average molecular weight is 124 g/mol. The van der Waals surface area contributed by atoms with E-state index in [9.17, 15) is 0 Å². The van der Waals surface area contributed by atoms with Crippen LogP contribution in [0.25, 0.3) is 0 Å². The molecule has 3 nitrogen and oxygen atoms in total. The van der Waals surface area contributed by atoms with Crippen molar-refractivity contribution in [2.75, 3.05) is 7.05 Å². The van der Waals surface area contributed by atoms with E-state index in [1.165, 1.54) is 6.40 Å². The summed E-state index contributed by atoms with van der Waals surface area (Å²) >= 11 is 0. The lowest BCUT2D eigenvalue weighted by Gasteiger charge is -1.89. The SMILES string of the molecule is C/N=C/Oc1ccc[nH]1. The Balaban J connectivity index is 2.48. The lowest BCUT2D eigenvalue weighted by molar-refractivity contribution is 0.552. The molecule has 1 aromatic rings.